The van der Waals surface area contributed by atoms with Crippen LogP contribution in [0.5, 0.6) is 5.75 Å². The summed E-state index contributed by atoms with van der Waals surface area (Å²) in [7, 11) is 0. The van der Waals surface area contributed by atoms with Crippen molar-refractivity contribution in [2.45, 2.75) is 32.2 Å². The molecule has 3 nitrogen and oxygen atoms in total. The van der Waals surface area contributed by atoms with E-state index in [0.717, 1.165) is 26.2 Å². The van der Waals surface area contributed by atoms with Crippen LogP contribution in [0, 0.1) is 0 Å². The SMILES string of the molecule is CCN(CCOc1ccc(Cl)cc1Cl)CC1CCCCN1. The Bertz CT molecular complexity index is 436. The van der Waals surface area contributed by atoms with Crippen LogP contribution in [0.1, 0.15) is 26.2 Å². The van der Waals surface area contributed by atoms with Crippen molar-refractivity contribution in [2.75, 3.05) is 32.8 Å². The minimum atomic E-state index is 0.569. The van der Waals surface area contributed by atoms with Crippen LogP contribution in [0.2, 0.25) is 10.0 Å². The van der Waals surface area contributed by atoms with Gasteiger partial charge in [-0.3, -0.25) is 4.90 Å². The van der Waals surface area contributed by atoms with Gasteiger partial charge in [-0.15, -0.1) is 0 Å². The highest BCUT2D eigenvalue weighted by Gasteiger charge is 2.15. The van der Waals surface area contributed by atoms with Gasteiger partial charge in [0.2, 0.25) is 0 Å². The first-order valence-electron chi connectivity index (χ1n) is 7.72. The Hall–Kier alpha value is -0.480. The largest absolute Gasteiger partial charge is 0.491 e. The predicted octanol–water partition coefficient (Wildman–Crippen LogP) is 3.84. The third kappa shape index (κ3) is 5.67. The molecule has 1 N–H and O–H groups in total. The minimum Gasteiger partial charge on any atom is -0.491 e. The van der Waals surface area contributed by atoms with E-state index in [9.17, 15) is 0 Å². The Labute approximate surface area is 137 Å². The Morgan fingerprint density at radius 2 is 2.19 bits per heavy atom. The average molecular weight is 331 g/mol. The molecule has 1 aliphatic heterocycles. The highest BCUT2D eigenvalue weighted by molar-refractivity contribution is 6.35. The fourth-order valence-electron chi connectivity index (χ4n) is 2.65. The maximum Gasteiger partial charge on any atom is 0.138 e. The van der Waals surface area contributed by atoms with Crippen LogP contribution in [-0.2, 0) is 0 Å². The molecule has 1 aromatic carbocycles. The van der Waals surface area contributed by atoms with E-state index >= 15 is 0 Å². The van der Waals surface area contributed by atoms with E-state index in [1.807, 2.05) is 6.07 Å². The molecule has 0 radical (unpaired) electrons. The number of halogens is 2. The molecule has 0 aromatic heterocycles. The molecule has 1 aromatic rings. The van der Waals surface area contributed by atoms with Gasteiger partial charge >= 0.3 is 0 Å². The standard InChI is InChI=1S/C16H24Cl2N2O/c1-2-20(12-14-5-3-4-8-19-14)9-10-21-16-7-6-13(17)11-15(16)18/h6-7,11,14,19H,2-5,8-10,12H2,1H3. The van der Waals surface area contributed by atoms with E-state index < -0.39 is 0 Å². The first-order chi connectivity index (χ1) is 10.2. The lowest BCUT2D eigenvalue weighted by Crippen LogP contribution is -2.44. The van der Waals surface area contributed by atoms with Crippen molar-refractivity contribution < 1.29 is 4.74 Å². The lowest BCUT2D eigenvalue weighted by molar-refractivity contribution is 0.190. The summed E-state index contributed by atoms with van der Waals surface area (Å²) < 4.78 is 5.76. The lowest BCUT2D eigenvalue weighted by atomic mass is 10.0. The molecule has 0 bridgehead atoms. The molecule has 118 valence electrons. The molecule has 21 heavy (non-hydrogen) atoms. The molecular formula is C16H24Cl2N2O. The summed E-state index contributed by atoms with van der Waals surface area (Å²) in [6.07, 6.45) is 3.92. The molecule has 1 fully saturated rings. The summed E-state index contributed by atoms with van der Waals surface area (Å²) in [5.41, 5.74) is 0. The fourth-order valence-corrected chi connectivity index (χ4v) is 3.11. The van der Waals surface area contributed by atoms with Gasteiger partial charge in [0, 0.05) is 24.2 Å². The molecule has 0 saturated carbocycles. The number of hydrogen-bond acceptors (Lipinski definition) is 3. The number of hydrogen-bond donors (Lipinski definition) is 1. The second-order valence-corrected chi connectivity index (χ2v) is 6.31. The van der Waals surface area contributed by atoms with E-state index in [1.54, 1.807) is 12.1 Å². The zero-order chi connectivity index (χ0) is 15.1. The van der Waals surface area contributed by atoms with Crippen molar-refractivity contribution in [1.29, 1.82) is 0 Å². The van der Waals surface area contributed by atoms with Crippen molar-refractivity contribution in [2.24, 2.45) is 0 Å². The third-order valence-corrected chi connectivity index (χ3v) is 4.43. The second kappa shape index (κ2) is 8.84. The number of likely N-dealkylation sites (N-methyl/N-ethyl adjacent to an activating group) is 1. The molecule has 0 aliphatic carbocycles. The Morgan fingerprint density at radius 3 is 2.86 bits per heavy atom. The normalized spacial score (nSPS) is 19.0. The van der Waals surface area contributed by atoms with Crippen LogP contribution in [0.4, 0.5) is 0 Å². The van der Waals surface area contributed by atoms with Gasteiger partial charge in [0.1, 0.15) is 12.4 Å². The number of nitrogens with one attached hydrogen (secondary N) is 1. The van der Waals surface area contributed by atoms with Crippen molar-refractivity contribution in [1.82, 2.24) is 10.2 Å². The molecule has 1 atom stereocenters. The first-order valence-corrected chi connectivity index (χ1v) is 8.48. The summed E-state index contributed by atoms with van der Waals surface area (Å²) in [5.74, 6) is 0.702. The summed E-state index contributed by atoms with van der Waals surface area (Å²) in [5, 5.41) is 4.79. The van der Waals surface area contributed by atoms with Crippen LogP contribution in [0.25, 0.3) is 0 Å². The highest BCUT2D eigenvalue weighted by Crippen LogP contribution is 2.27. The number of rotatable bonds is 7. The Balaban J connectivity index is 1.74. The van der Waals surface area contributed by atoms with Gasteiger partial charge in [0.15, 0.2) is 0 Å². The number of benzene rings is 1. The molecule has 1 saturated heterocycles. The van der Waals surface area contributed by atoms with E-state index in [1.165, 1.54) is 19.3 Å². The molecule has 1 heterocycles. The number of nitrogens with zero attached hydrogens (tertiary/aromatic N) is 1. The van der Waals surface area contributed by atoms with Crippen molar-refractivity contribution in [3.63, 3.8) is 0 Å². The Kier molecular flexibility index (Phi) is 7.11. The van der Waals surface area contributed by atoms with Crippen molar-refractivity contribution in [3.05, 3.63) is 28.2 Å². The summed E-state index contributed by atoms with van der Waals surface area (Å²) in [4.78, 5) is 2.42. The van der Waals surface area contributed by atoms with Gasteiger partial charge in [-0.2, -0.15) is 0 Å². The number of ether oxygens (including phenoxy) is 1. The maximum atomic E-state index is 6.10. The van der Waals surface area contributed by atoms with Crippen LogP contribution in [0.3, 0.4) is 0 Å². The summed E-state index contributed by atoms with van der Waals surface area (Å²) in [6.45, 7) is 7.02. The van der Waals surface area contributed by atoms with E-state index in [0.29, 0.717) is 28.4 Å². The van der Waals surface area contributed by atoms with Crippen LogP contribution >= 0.6 is 23.2 Å². The lowest BCUT2D eigenvalue weighted by Gasteiger charge is -2.29. The number of piperidine rings is 1. The van der Waals surface area contributed by atoms with Gasteiger partial charge in [-0.05, 0) is 44.1 Å². The summed E-state index contributed by atoms with van der Waals surface area (Å²) in [6, 6.07) is 5.95. The summed E-state index contributed by atoms with van der Waals surface area (Å²) >= 11 is 12.0. The van der Waals surface area contributed by atoms with E-state index in [-0.39, 0.29) is 0 Å². The maximum absolute atomic E-state index is 6.10. The fraction of sp³-hybridized carbons (Fsp3) is 0.625. The molecule has 1 unspecified atom stereocenters. The highest BCUT2D eigenvalue weighted by atomic mass is 35.5. The van der Waals surface area contributed by atoms with Gasteiger partial charge in [-0.1, -0.05) is 36.5 Å². The van der Waals surface area contributed by atoms with E-state index in [4.69, 9.17) is 27.9 Å². The zero-order valence-corrected chi connectivity index (χ0v) is 14.1. The van der Waals surface area contributed by atoms with Crippen LogP contribution in [-0.4, -0.2) is 43.7 Å². The second-order valence-electron chi connectivity index (χ2n) is 5.46. The van der Waals surface area contributed by atoms with E-state index in [2.05, 4.69) is 17.1 Å². The predicted molar refractivity (Wildman–Crippen MR) is 89.7 cm³/mol. The topological polar surface area (TPSA) is 24.5 Å². The van der Waals surface area contributed by atoms with Crippen molar-refractivity contribution >= 4 is 23.2 Å². The zero-order valence-electron chi connectivity index (χ0n) is 12.6. The van der Waals surface area contributed by atoms with Gasteiger partial charge in [0.25, 0.3) is 0 Å². The molecule has 1 aliphatic rings. The third-order valence-electron chi connectivity index (χ3n) is 3.90. The molecule has 0 spiro atoms. The molecule has 2 rings (SSSR count). The Morgan fingerprint density at radius 1 is 1.33 bits per heavy atom. The average Bonchev–Trinajstić information content (AvgIpc) is 2.49. The minimum absolute atomic E-state index is 0.569. The smallest absolute Gasteiger partial charge is 0.138 e. The van der Waals surface area contributed by atoms with Crippen LogP contribution in [0.15, 0.2) is 18.2 Å². The molecule has 0 amide bonds. The van der Waals surface area contributed by atoms with Gasteiger partial charge in [-0.25, -0.2) is 0 Å². The monoisotopic (exact) mass is 330 g/mol. The molecule has 5 heteroatoms. The first kappa shape index (κ1) is 16.9. The van der Waals surface area contributed by atoms with Gasteiger partial charge in [0.05, 0.1) is 5.02 Å². The van der Waals surface area contributed by atoms with Crippen LogP contribution < -0.4 is 10.1 Å². The van der Waals surface area contributed by atoms with Gasteiger partial charge < -0.3 is 10.1 Å². The molecular weight excluding hydrogens is 307 g/mol. The quantitative estimate of drug-likeness (QED) is 0.822. The van der Waals surface area contributed by atoms with Crippen molar-refractivity contribution in [3.8, 4) is 5.75 Å².